The zero-order chi connectivity index (χ0) is 10.6. The number of ether oxygens (including phenoxy) is 1. The Balaban J connectivity index is 2.19. The molecule has 0 saturated heterocycles. The summed E-state index contributed by atoms with van der Waals surface area (Å²) in [6.07, 6.45) is 4.34. The van der Waals surface area contributed by atoms with Gasteiger partial charge in [0.2, 0.25) is 0 Å². The number of hydrogen-bond acceptors (Lipinski definition) is 3. The summed E-state index contributed by atoms with van der Waals surface area (Å²) in [6, 6.07) is 2.48. The van der Waals surface area contributed by atoms with E-state index in [4.69, 9.17) is 15.7 Å². The van der Waals surface area contributed by atoms with E-state index in [-0.39, 0.29) is 17.6 Å². The van der Waals surface area contributed by atoms with Gasteiger partial charge in [0.15, 0.2) is 0 Å². The summed E-state index contributed by atoms with van der Waals surface area (Å²) in [5, 5.41) is 8.81. The van der Waals surface area contributed by atoms with E-state index in [1.165, 1.54) is 6.42 Å². The first-order valence-corrected chi connectivity index (χ1v) is 5.33. The predicted molar refractivity (Wildman–Crippen MR) is 55.6 cm³/mol. The number of nitrogens with two attached hydrogens (primary N) is 1. The molecule has 3 nitrogen and oxygen atoms in total. The first-order valence-electron chi connectivity index (χ1n) is 5.33. The van der Waals surface area contributed by atoms with Crippen LogP contribution < -0.4 is 5.73 Å². The highest BCUT2D eigenvalue weighted by Gasteiger charge is 2.25. The molecular weight excluding hydrogens is 176 g/mol. The van der Waals surface area contributed by atoms with E-state index in [9.17, 15) is 0 Å². The van der Waals surface area contributed by atoms with Crippen molar-refractivity contribution in [1.82, 2.24) is 0 Å². The summed E-state index contributed by atoms with van der Waals surface area (Å²) in [7, 11) is 0. The van der Waals surface area contributed by atoms with Crippen LogP contribution in [-0.4, -0.2) is 18.8 Å². The maximum absolute atomic E-state index is 8.81. The molecule has 0 bridgehead atoms. The minimum Gasteiger partial charge on any atom is -0.377 e. The van der Waals surface area contributed by atoms with Gasteiger partial charge in [-0.1, -0.05) is 0 Å². The van der Waals surface area contributed by atoms with Gasteiger partial charge in [-0.15, -0.1) is 0 Å². The Morgan fingerprint density at radius 3 is 2.71 bits per heavy atom. The summed E-state index contributed by atoms with van der Waals surface area (Å²) in [4.78, 5) is 0. The second kappa shape index (κ2) is 4.77. The van der Waals surface area contributed by atoms with E-state index in [0.29, 0.717) is 6.61 Å². The highest BCUT2D eigenvalue weighted by atomic mass is 16.5. The van der Waals surface area contributed by atoms with Crippen LogP contribution in [0.4, 0.5) is 0 Å². The van der Waals surface area contributed by atoms with Gasteiger partial charge >= 0.3 is 0 Å². The van der Waals surface area contributed by atoms with E-state index in [1.54, 1.807) is 0 Å². The van der Waals surface area contributed by atoms with E-state index in [0.717, 1.165) is 19.3 Å². The predicted octanol–water partition coefficient (Wildman–Crippen LogP) is 1.82. The number of nitrogens with zero attached hydrogens (tertiary/aromatic N) is 1. The van der Waals surface area contributed by atoms with Crippen LogP contribution in [0.5, 0.6) is 0 Å². The van der Waals surface area contributed by atoms with Crippen molar-refractivity contribution in [3.8, 4) is 6.07 Å². The molecule has 1 fully saturated rings. The lowest BCUT2D eigenvalue weighted by molar-refractivity contribution is 0.0368. The van der Waals surface area contributed by atoms with Crippen LogP contribution in [0.2, 0.25) is 0 Å². The smallest absolute Gasteiger partial charge is 0.0725 e. The number of hydrogen-bond donors (Lipinski definition) is 1. The lowest BCUT2D eigenvalue weighted by Gasteiger charge is -2.19. The zero-order valence-electron chi connectivity index (χ0n) is 9.12. The van der Waals surface area contributed by atoms with Gasteiger partial charge in [0.05, 0.1) is 17.6 Å². The summed E-state index contributed by atoms with van der Waals surface area (Å²) < 4.78 is 5.68. The third-order valence-electron chi connectivity index (χ3n) is 2.87. The molecule has 14 heavy (non-hydrogen) atoms. The minimum atomic E-state index is -0.275. The van der Waals surface area contributed by atoms with Crippen molar-refractivity contribution in [1.29, 1.82) is 5.26 Å². The highest BCUT2D eigenvalue weighted by Crippen LogP contribution is 2.23. The standard InChI is InChI=1S/C11H20N2O/c1-11(2,8-12)6-7-14-10-5-3-4-9(10)13/h9-10H,3-7,13H2,1-2H3. The molecule has 80 valence electrons. The summed E-state index contributed by atoms with van der Waals surface area (Å²) in [5.41, 5.74) is 5.60. The van der Waals surface area contributed by atoms with Crippen molar-refractivity contribution in [3.63, 3.8) is 0 Å². The fraction of sp³-hybridized carbons (Fsp3) is 0.909. The van der Waals surface area contributed by atoms with Crippen molar-refractivity contribution in [2.24, 2.45) is 11.1 Å². The largest absolute Gasteiger partial charge is 0.377 e. The molecule has 0 aromatic carbocycles. The third-order valence-corrected chi connectivity index (χ3v) is 2.87. The Bertz CT molecular complexity index is 220. The first kappa shape index (κ1) is 11.5. The lowest BCUT2D eigenvalue weighted by atomic mass is 9.92. The average Bonchev–Trinajstić information content (AvgIpc) is 2.52. The van der Waals surface area contributed by atoms with E-state index in [2.05, 4.69) is 6.07 Å². The monoisotopic (exact) mass is 196 g/mol. The Labute approximate surface area is 86.2 Å². The molecule has 0 radical (unpaired) electrons. The van der Waals surface area contributed by atoms with Gasteiger partial charge in [-0.3, -0.25) is 0 Å². The molecular formula is C11H20N2O. The summed E-state index contributed by atoms with van der Waals surface area (Å²) in [5.74, 6) is 0. The van der Waals surface area contributed by atoms with Crippen molar-refractivity contribution in [2.45, 2.75) is 51.7 Å². The highest BCUT2D eigenvalue weighted by molar-refractivity contribution is 4.91. The van der Waals surface area contributed by atoms with E-state index in [1.807, 2.05) is 13.8 Å². The van der Waals surface area contributed by atoms with Crippen LogP contribution >= 0.6 is 0 Å². The molecule has 3 heteroatoms. The fourth-order valence-corrected chi connectivity index (χ4v) is 1.68. The molecule has 0 spiro atoms. The van der Waals surface area contributed by atoms with Gasteiger partial charge < -0.3 is 10.5 Å². The molecule has 0 amide bonds. The molecule has 2 atom stereocenters. The molecule has 1 aliphatic carbocycles. The Morgan fingerprint density at radius 1 is 1.50 bits per heavy atom. The average molecular weight is 196 g/mol. The van der Waals surface area contributed by atoms with Gasteiger partial charge in [0.1, 0.15) is 0 Å². The normalized spacial score (nSPS) is 27.6. The second-order valence-corrected chi connectivity index (χ2v) is 4.75. The quantitative estimate of drug-likeness (QED) is 0.746. The molecule has 1 aliphatic rings. The topological polar surface area (TPSA) is 59.0 Å². The lowest BCUT2D eigenvalue weighted by Crippen LogP contribution is -2.32. The van der Waals surface area contributed by atoms with Gasteiger partial charge in [-0.05, 0) is 39.5 Å². The third kappa shape index (κ3) is 3.28. The zero-order valence-corrected chi connectivity index (χ0v) is 9.12. The molecule has 0 aliphatic heterocycles. The van der Waals surface area contributed by atoms with E-state index < -0.39 is 0 Å². The molecule has 1 rings (SSSR count). The van der Waals surface area contributed by atoms with Crippen molar-refractivity contribution in [3.05, 3.63) is 0 Å². The van der Waals surface area contributed by atoms with Gasteiger partial charge in [-0.25, -0.2) is 0 Å². The van der Waals surface area contributed by atoms with Crippen molar-refractivity contribution in [2.75, 3.05) is 6.61 Å². The first-order chi connectivity index (χ1) is 6.55. The van der Waals surface area contributed by atoms with Crippen LogP contribution in [0, 0.1) is 16.7 Å². The maximum Gasteiger partial charge on any atom is 0.0725 e. The molecule has 1 saturated carbocycles. The van der Waals surface area contributed by atoms with Crippen LogP contribution in [0.1, 0.15) is 39.5 Å². The van der Waals surface area contributed by atoms with E-state index >= 15 is 0 Å². The molecule has 0 aromatic heterocycles. The summed E-state index contributed by atoms with van der Waals surface area (Å²) in [6.45, 7) is 4.52. The molecule has 0 heterocycles. The van der Waals surface area contributed by atoms with Crippen LogP contribution in [0.15, 0.2) is 0 Å². The van der Waals surface area contributed by atoms with Crippen LogP contribution in [-0.2, 0) is 4.74 Å². The Kier molecular flexibility index (Phi) is 3.91. The van der Waals surface area contributed by atoms with Gasteiger partial charge in [0, 0.05) is 12.6 Å². The van der Waals surface area contributed by atoms with Crippen molar-refractivity contribution >= 4 is 0 Å². The maximum atomic E-state index is 8.81. The molecule has 2 N–H and O–H groups in total. The molecule has 2 unspecified atom stereocenters. The van der Waals surface area contributed by atoms with Crippen LogP contribution in [0.3, 0.4) is 0 Å². The Morgan fingerprint density at radius 2 is 2.21 bits per heavy atom. The fourth-order valence-electron chi connectivity index (χ4n) is 1.68. The van der Waals surface area contributed by atoms with Gasteiger partial charge in [0.25, 0.3) is 0 Å². The Hall–Kier alpha value is -0.590. The number of rotatable bonds is 4. The second-order valence-electron chi connectivity index (χ2n) is 4.75. The molecule has 0 aromatic rings. The summed E-state index contributed by atoms with van der Waals surface area (Å²) >= 11 is 0. The van der Waals surface area contributed by atoms with Crippen LogP contribution in [0.25, 0.3) is 0 Å². The van der Waals surface area contributed by atoms with Gasteiger partial charge in [-0.2, -0.15) is 5.26 Å². The van der Waals surface area contributed by atoms with Crippen molar-refractivity contribution < 1.29 is 4.74 Å². The minimum absolute atomic E-state index is 0.209. The number of nitriles is 1. The SMILES string of the molecule is CC(C)(C#N)CCOC1CCCC1N.